The van der Waals surface area contributed by atoms with Crippen LogP contribution < -0.4 is 0 Å². The van der Waals surface area contributed by atoms with Crippen molar-refractivity contribution >= 4 is 39.1 Å². The molecule has 0 spiro atoms. The molecule has 2 heterocycles. The van der Waals surface area contributed by atoms with E-state index in [1.165, 1.54) is 28.3 Å². The fourth-order valence-electron chi connectivity index (χ4n) is 2.96. The highest BCUT2D eigenvalue weighted by Crippen LogP contribution is 2.27. The summed E-state index contributed by atoms with van der Waals surface area (Å²) in [5, 5.41) is 0. The van der Waals surface area contributed by atoms with Crippen molar-refractivity contribution in [3.8, 4) is 0 Å². The number of nitrogens with zero attached hydrogens (tertiary/aromatic N) is 3. The van der Waals surface area contributed by atoms with Gasteiger partial charge in [0.25, 0.3) is 5.91 Å². The maximum Gasteiger partial charge on any atom is 0.254 e. The van der Waals surface area contributed by atoms with Crippen molar-refractivity contribution in [3.63, 3.8) is 0 Å². The highest BCUT2D eigenvalue weighted by atomic mass is 35.5. The molecule has 2 aromatic heterocycles. The molecule has 0 radical (unpaired) electrons. The molecule has 0 fully saturated rings. The minimum Gasteiger partial charge on any atom is -0.352 e. The van der Waals surface area contributed by atoms with Gasteiger partial charge in [-0.3, -0.25) is 4.79 Å². The maximum atomic E-state index is 13.1. The number of aromatic nitrogens is 2. The Balaban J connectivity index is 1.93. The Labute approximate surface area is 157 Å². The zero-order valence-electron chi connectivity index (χ0n) is 15.1. The van der Waals surface area contributed by atoms with Gasteiger partial charge >= 0.3 is 0 Å². The standard InChI is InChI=1S/C19H22ClN3OS/c1-11(2)23(10-15-8-12(3)22(5)13(15)4)18(24)14-6-7-16-17(9-14)25-19(20)21-16/h6-9,11H,10H2,1-5H3. The monoisotopic (exact) mass is 375 g/mol. The molecule has 0 unspecified atom stereocenters. The van der Waals surface area contributed by atoms with Gasteiger partial charge in [-0.1, -0.05) is 11.6 Å². The number of aryl methyl sites for hydroxylation is 1. The van der Waals surface area contributed by atoms with Gasteiger partial charge in [-0.2, -0.15) is 0 Å². The van der Waals surface area contributed by atoms with E-state index in [1.54, 1.807) is 0 Å². The van der Waals surface area contributed by atoms with E-state index in [1.807, 2.05) is 36.9 Å². The Hall–Kier alpha value is -1.85. The second-order valence-corrected chi connectivity index (χ2v) is 8.24. The van der Waals surface area contributed by atoms with Gasteiger partial charge in [0.1, 0.15) is 0 Å². The zero-order valence-corrected chi connectivity index (χ0v) is 16.7. The third-order valence-electron chi connectivity index (χ3n) is 4.71. The number of benzene rings is 1. The minimum atomic E-state index is 0.0299. The predicted octanol–water partition coefficient (Wildman–Crippen LogP) is 4.96. The first-order valence-electron chi connectivity index (χ1n) is 8.26. The van der Waals surface area contributed by atoms with E-state index in [4.69, 9.17) is 11.6 Å². The lowest BCUT2D eigenvalue weighted by Crippen LogP contribution is -2.36. The summed E-state index contributed by atoms with van der Waals surface area (Å²) in [7, 11) is 2.05. The van der Waals surface area contributed by atoms with Crippen LogP contribution in [0.3, 0.4) is 0 Å². The van der Waals surface area contributed by atoms with E-state index in [0.717, 1.165) is 10.2 Å². The molecule has 0 N–H and O–H groups in total. The molecule has 1 amide bonds. The van der Waals surface area contributed by atoms with Gasteiger partial charge < -0.3 is 9.47 Å². The number of hydrogen-bond acceptors (Lipinski definition) is 3. The van der Waals surface area contributed by atoms with Crippen LogP contribution in [0.4, 0.5) is 0 Å². The molecule has 0 saturated carbocycles. The van der Waals surface area contributed by atoms with Gasteiger partial charge in [0.2, 0.25) is 0 Å². The van der Waals surface area contributed by atoms with Gasteiger partial charge in [0.05, 0.1) is 10.2 Å². The Morgan fingerprint density at radius 1 is 1.32 bits per heavy atom. The molecule has 0 aliphatic rings. The molecule has 4 nitrogen and oxygen atoms in total. The van der Waals surface area contributed by atoms with Crippen LogP contribution in [0.1, 0.15) is 41.2 Å². The summed E-state index contributed by atoms with van der Waals surface area (Å²) in [5.41, 5.74) is 5.08. The number of halogens is 1. The summed E-state index contributed by atoms with van der Waals surface area (Å²) >= 11 is 7.38. The number of fused-ring (bicyclic) bond motifs is 1. The summed E-state index contributed by atoms with van der Waals surface area (Å²) in [6.07, 6.45) is 0. The summed E-state index contributed by atoms with van der Waals surface area (Å²) in [6.45, 7) is 8.87. The quantitative estimate of drug-likeness (QED) is 0.646. The third kappa shape index (κ3) is 3.44. The van der Waals surface area contributed by atoms with Crippen LogP contribution in [0.2, 0.25) is 4.47 Å². The van der Waals surface area contributed by atoms with Crippen molar-refractivity contribution in [1.82, 2.24) is 14.5 Å². The van der Waals surface area contributed by atoms with Gasteiger partial charge in [0, 0.05) is 36.6 Å². The smallest absolute Gasteiger partial charge is 0.254 e. The van der Waals surface area contributed by atoms with Gasteiger partial charge in [-0.25, -0.2) is 4.98 Å². The normalized spacial score (nSPS) is 11.5. The van der Waals surface area contributed by atoms with Crippen molar-refractivity contribution in [1.29, 1.82) is 0 Å². The van der Waals surface area contributed by atoms with Crippen molar-refractivity contribution in [3.05, 3.63) is 51.2 Å². The first kappa shape index (κ1) is 18.0. The topological polar surface area (TPSA) is 38.1 Å². The zero-order chi connectivity index (χ0) is 18.3. The number of carbonyl (C=O) groups excluding carboxylic acids is 1. The number of amides is 1. The highest BCUT2D eigenvalue weighted by Gasteiger charge is 2.21. The number of thiazole rings is 1. The summed E-state index contributed by atoms with van der Waals surface area (Å²) in [5.74, 6) is 0.0299. The predicted molar refractivity (Wildman–Crippen MR) is 105 cm³/mol. The van der Waals surface area contributed by atoms with Crippen LogP contribution in [0.15, 0.2) is 24.3 Å². The van der Waals surface area contributed by atoms with Crippen LogP contribution >= 0.6 is 22.9 Å². The molecule has 1 aromatic carbocycles. The lowest BCUT2D eigenvalue weighted by molar-refractivity contribution is 0.0690. The number of carbonyl (C=O) groups is 1. The molecule has 25 heavy (non-hydrogen) atoms. The van der Waals surface area contributed by atoms with Crippen molar-refractivity contribution in [2.24, 2.45) is 7.05 Å². The molecule has 0 bridgehead atoms. The van der Waals surface area contributed by atoms with E-state index >= 15 is 0 Å². The van der Waals surface area contributed by atoms with Gasteiger partial charge in [-0.15, -0.1) is 11.3 Å². The van der Waals surface area contributed by atoms with E-state index in [0.29, 0.717) is 16.6 Å². The maximum absolute atomic E-state index is 13.1. The van der Waals surface area contributed by atoms with Gasteiger partial charge in [0.15, 0.2) is 4.47 Å². The van der Waals surface area contributed by atoms with Crippen LogP contribution in [-0.2, 0) is 13.6 Å². The Bertz CT molecular complexity index is 942. The Kier molecular flexibility index (Phi) is 4.89. The number of hydrogen-bond donors (Lipinski definition) is 0. The SMILES string of the molecule is Cc1cc(CN(C(=O)c2ccc3nc(Cl)sc3c2)C(C)C)c(C)n1C. The molecule has 3 aromatic rings. The fraction of sp³-hybridized carbons (Fsp3) is 0.368. The number of rotatable bonds is 4. The Morgan fingerprint density at radius 3 is 2.64 bits per heavy atom. The van der Waals surface area contributed by atoms with Crippen molar-refractivity contribution < 1.29 is 4.79 Å². The molecule has 0 atom stereocenters. The van der Waals surface area contributed by atoms with Crippen LogP contribution in [0, 0.1) is 13.8 Å². The van der Waals surface area contributed by atoms with Crippen LogP contribution in [0.5, 0.6) is 0 Å². The molecule has 0 aliphatic heterocycles. The van der Waals surface area contributed by atoms with Crippen molar-refractivity contribution in [2.45, 2.75) is 40.3 Å². The van der Waals surface area contributed by atoms with Gasteiger partial charge in [-0.05, 0) is 57.5 Å². The lowest BCUT2D eigenvalue weighted by atomic mass is 10.1. The average Bonchev–Trinajstić information content (AvgIpc) is 3.05. The first-order chi connectivity index (χ1) is 11.8. The average molecular weight is 376 g/mol. The third-order valence-corrected chi connectivity index (χ3v) is 5.84. The summed E-state index contributed by atoms with van der Waals surface area (Å²) in [6, 6.07) is 7.85. The molecule has 0 aliphatic carbocycles. The molecule has 132 valence electrons. The molecule has 0 saturated heterocycles. The van der Waals surface area contributed by atoms with Crippen molar-refractivity contribution in [2.75, 3.05) is 0 Å². The highest BCUT2D eigenvalue weighted by molar-refractivity contribution is 7.22. The minimum absolute atomic E-state index is 0.0299. The second kappa shape index (κ2) is 6.81. The molecule has 3 rings (SSSR count). The summed E-state index contributed by atoms with van der Waals surface area (Å²) < 4.78 is 3.59. The van der Waals surface area contributed by atoms with E-state index < -0.39 is 0 Å². The molecule has 6 heteroatoms. The Morgan fingerprint density at radius 2 is 2.04 bits per heavy atom. The second-order valence-electron chi connectivity index (χ2n) is 6.63. The van der Waals surface area contributed by atoms with Crippen LogP contribution in [0.25, 0.3) is 10.2 Å². The first-order valence-corrected chi connectivity index (χ1v) is 9.46. The lowest BCUT2D eigenvalue weighted by Gasteiger charge is -2.27. The van der Waals surface area contributed by atoms with Crippen LogP contribution in [-0.4, -0.2) is 26.4 Å². The van der Waals surface area contributed by atoms with E-state index in [9.17, 15) is 4.79 Å². The summed E-state index contributed by atoms with van der Waals surface area (Å²) in [4.78, 5) is 19.3. The van der Waals surface area contributed by atoms with E-state index in [-0.39, 0.29) is 11.9 Å². The molecular formula is C19H22ClN3OS. The molecular weight excluding hydrogens is 354 g/mol. The van der Waals surface area contributed by atoms with E-state index in [2.05, 4.69) is 36.5 Å². The largest absolute Gasteiger partial charge is 0.352 e. The fourth-order valence-corrected chi connectivity index (χ4v) is 4.03.